The number of hydrogen-bond donors (Lipinski definition) is 2. The lowest BCUT2D eigenvalue weighted by Gasteiger charge is -2.10. The van der Waals surface area contributed by atoms with E-state index in [9.17, 15) is 4.79 Å². The van der Waals surface area contributed by atoms with Gasteiger partial charge in [-0.15, -0.1) is 0 Å². The summed E-state index contributed by atoms with van der Waals surface area (Å²) in [6.07, 6.45) is 1.56. The molecule has 3 aromatic carbocycles. The number of nitrogens with zero attached hydrogens (tertiary/aromatic N) is 2. The molecule has 0 unspecified atom stereocenters. The third kappa shape index (κ3) is 5.65. The number of methoxy groups -OCH3 is 1. The van der Waals surface area contributed by atoms with Crippen LogP contribution in [0.4, 0.5) is 0 Å². The van der Waals surface area contributed by atoms with Gasteiger partial charge in [0.2, 0.25) is 0 Å². The second-order valence-corrected chi connectivity index (χ2v) is 7.41. The Morgan fingerprint density at radius 3 is 2.58 bits per heavy atom. The highest BCUT2D eigenvalue weighted by molar-refractivity contribution is 5.94. The van der Waals surface area contributed by atoms with Crippen LogP contribution in [0, 0.1) is 6.92 Å². The predicted octanol–water partition coefficient (Wildman–Crippen LogP) is 4.74. The summed E-state index contributed by atoms with van der Waals surface area (Å²) in [6, 6.07) is 24.8. The van der Waals surface area contributed by atoms with Gasteiger partial charge < -0.3 is 9.47 Å². The SMILES string of the molecule is COc1ccc(/C=N\NC(=O)c2cc(-c3ccccc3OCc3ccc(C)cc3)n[nH]2)cc1. The van der Waals surface area contributed by atoms with Crippen molar-refractivity contribution < 1.29 is 14.3 Å². The molecule has 0 fully saturated rings. The fourth-order valence-electron chi connectivity index (χ4n) is 3.14. The Bertz CT molecular complexity index is 1250. The largest absolute Gasteiger partial charge is 0.497 e. The predicted molar refractivity (Wildman–Crippen MR) is 128 cm³/mol. The zero-order valence-corrected chi connectivity index (χ0v) is 18.4. The van der Waals surface area contributed by atoms with E-state index < -0.39 is 5.91 Å². The van der Waals surface area contributed by atoms with Gasteiger partial charge in [0.05, 0.1) is 19.0 Å². The van der Waals surface area contributed by atoms with Crippen LogP contribution in [0.3, 0.4) is 0 Å². The van der Waals surface area contributed by atoms with Gasteiger partial charge >= 0.3 is 0 Å². The molecule has 0 radical (unpaired) electrons. The number of benzene rings is 3. The summed E-state index contributed by atoms with van der Waals surface area (Å²) < 4.78 is 11.2. The standard InChI is InChI=1S/C26H24N4O3/c1-18-7-9-20(10-8-18)17-33-25-6-4-3-5-22(25)23-15-24(29-28-23)26(31)30-27-16-19-11-13-21(32-2)14-12-19/h3-16H,17H2,1-2H3,(H,28,29)(H,30,31)/b27-16-. The van der Waals surface area contributed by atoms with E-state index in [-0.39, 0.29) is 0 Å². The fraction of sp³-hybridized carbons (Fsp3) is 0.115. The minimum atomic E-state index is -0.392. The topological polar surface area (TPSA) is 88.6 Å². The van der Waals surface area contributed by atoms with Gasteiger partial charge in [-0.05, 0) is 60.5 Å². The Kier molecular flexibility index (Phi) is 6.80. The van der Waals surface area contributed by atoms with Gasteiger partial charge in [-0.25, -0.2) is 5.43 Å². The van der Waals surface area contributed by atoms with Crippen LogP contribution in [0.5, 0.6) is 11.5 Å². The van der Waals surface area contributed by atoms with Crippen LogP contribution >= 0.6 is 0 Å². The lowest BCUT2D eigenvalue weighted by molar-refractivity contribution is 0.0950. The molecule has 0 atom stereocenters. The summed E-state index contributed by atoms with van der Waals surface area (Å²) in [6.45, 7) is 2.49. The van der Waals surface area contributed by atoms with Crippen molar-refractivity contribution >= 4 is 12.1 Å². The van der Waals surface area contributed by atoms with Gasteiger partial charge in [0.1, 0.15) is 23.8 Å². The van der Waals surface area contributed by atoms with E-state index in [2.05, 4.69) is 39.8 Å². The number of carbonyl (C=O) groups excluding carboxylic acids is 1. The van der Waals surface area contributed by atoms with E-state index in [0.29, 0.717) is 23.7 Å². The van der Waals surface area contributed by atoms with Crippen LogP contribution in [0.2, 0.25) is 0 Å². The molecule has 2 N–H and O–H groups in total. The van der Waals surface area contributed by atoms with Crippen molar-refractivity contribution in [1.82, 2.24) is 15.6 Å². The van der Waals surface area contributed by atoms with Gasteiger partial charge in [-0.2, -0.15) is 10.2 Å². The zero-order chi connectivity index (χ0) is 23.0. The number of hydrazone groups is 1. The number of para-hydroxylation sites is 1. The summed E-state index contributed by atoms with van der Waals surface area (Å²) in [5.74, 6) is 1.05. The van der Waals surface area contributed by atoms with Crippen LogP contribution in [-0.2, 0) is 6.61 Å². The molecule has 1 aromatic heterocycles. The minimum absolute atomic E-state index is 0.296. The first-order valence-corrected chi connectivity index (χ1v) is 10.4. The van der Waals surface area contributed by atoms with E-state index in [0.717, 1.165) is 22.4 Å². The van der Waals surface area contributed by atoms with E-state index in [4.69, 9.17) is 9.47 Å². The number of H-pyrrole nitrogens is 1. The van der Waals surface area contributed by atoms with Crippen LogP contribution in [0.25, 0.3) is 11.3 Å². The normalized spacial score (nSPS) is 10.8. The highest BCUT2D eigenvalue weighted by Gasteiger charge is 2.14. The number of nitrogens with one attached hydrogen (secondary N) is 2. The summed E-state index contributed by atoms with van der Waals surface area (Å²) in [4.78, 5) is 12.5. The van der Waals surface area contributed by atoms with E-state index in [1.54, 1.807) is 19.4 Å². The highest BCUT2D eigenvalue weighted by Crippen LogP contribution is 2.29. The molecular formula is C26H24N4O3. The molecule has 0 aliphatic carbocycles. The van der Waals surface area contributed by atoms with E-state index in [1.807, 2.05) is 60.7 Å². The van der Waals surface area contributed by atoms with Crippen LogP contribution in [0.15, 0.2) is 84.0 Å². The second kappa shape index (κ2) is 10.3. The number of aromatic amines is 1. The molecule has 33 heavy (non-hydrogen) atoms. The molecule has 0 spiro atoms. The first-order chi connectivity index (χ1) is 16.1. The monoisotopic (exact) mass is 440 g/mol. The molecule has 0 aliphatic heterocycles. The van der Waals surface area contributed by atoms with E-state index >= 15 is 0 Å². The fourth-order valence-corrected chi connectivity index (χ4v) is 3.14. The number of carbonyl (C=O) groups is 1. The second-order valence-electron chi connectivity index (χ2n) is 7.41. The maximum atomic E-state index is 12.5. The molecule has 7 nitrogen and oxygen atoms in total. The van der Waals surface area contributed by atoms with Crippen molar-refractivity contribution in [2.75, 3.05) is 7.11 Å². The Hall–Kier alpha value is -4.39. The van der Waals surface area contributed by atoms with Crippen molar-refractivity contribution in [3.8, 4) is 22.8 Å². The van der Waals surface area contributed by atoms with Crippen molar-refractivity contribution in [3.05, 3.63) is 101 Å². The van der Waals surface area contributed by atoms with E-state index in [1.165, 1.54) is 5.56 Å². The van der Waals surface area contributed by atoms with Gasteiger partial charge in [0.25, 0.3) is 5.91 Å². The molecule has 1 amide bonds. The minimum Gasteiger partial charge on any atom is -0.497 e. The molecule has 166 valence electrons. The number of hydrogen-bond acceptors (Lipinski definition) is 5. The Balaban J connectivity index is 1.41. The third-order valence-electron chi connectivity index (χ3n) is 5.00. The summed E-state index contributed by atoms with van der Waals surface area (Å²) in [7, 11) is 1.61. The van der Waals surface area contributed by atoms with Gasteiger partial charge in [0, 0.05) is 5.56 Å². The molecule has 0 saturated heterocycles. The summed E-state index contributed by atoms with van der Waals surface area (Å²) in [5.41, 5.74) is 7.32. The maximum absolute atomic E-state index is 12.5. The maximum Gasteiger partial charge on any atom is 0.289 e. The molecule has 7 heteroatoms. The van der Waals surface area contributed by atoms with Gasteiger partial charge in [0.15, 0.2) is 0 Å². The number of amides is 1. The molecule has 0 saturated carbocycles. The Morgan fingerprint density at radius 2 is 1.82 bits per heavy atom. The molecule has 0 aliphatic rings. The van der Waals surface area contributed by atoms with Gasteiger partial charge in [-0.3, -0.25) is 9.89 Å². The number of aromatic nitrogens is 2. The summed E-state index contributed by atoms with van der Waals surface area (Å²) in [5, 5.41) is 11.1. The third-order valence-corrected chi connectivity index (χ3v) is 5.00. The first kappa shape index (κ1) is 21.8. The Morgan fingerprint density at radius 1 is 1.06 bits per heavy atom. The Labute approximate surface area is 192 Å². The lowest BCUT2D eigenvalue weighted by atomic mass is 10.1. The smallest absolute Gasteiger partial charge is 0.289 e. The number of aryl methyl sites for hydroxylation is 1. The van der Waals surface area contributed by atoms with Crippen LogP contribution in [0.1, 0.15) is 27.2 Å². The molecule has 4 rings (SSSR count). The van der Waals surface area contributed by atoms with Crippen molar-refractivity contribution in [2.45, 2.75) is 13.5 Å². The molecular weight excluding hydrogens is 416 g/mol. The summed E-state index contributed by atoms with van der Waals surface area (Å²) >= 11 is 0. The highest BCUT2D eigenvalue weighted by atomic mass is 16.5. The zero-order valence-electron chi connectivity index (χ0n) is 18.4. The van der Waals surface area contributed by atoms with Crippen LogP contribution in [-0.4, -0.2) is 29.4 Å². The molecule has 0 bridgehead atoms. The average molecular weight is 441 g/mol. The lowest BCUT2D eigenvalue weighted by Crippen LogP contribution is -2.17. The number of ether oxygens (including phenoxy) is 2. The van der Waals surface area contributed by atoms with Crippen molar-refractivity contribution in [3.63, 3.8) is 0 Å². The average Bonchev–Trinajstić information content (AvgIpc) is 3.35. The number of rotatable bonds is 8. The van der Waals surface area contributed by atoms with Gasteiger partial charge in [-0.1, -0.05) is 42.0 Å². The first-order valence-electron chi connectivity index (χ1n) is 10.4. The van der Waals surface area contributed by atoms with Crippen molar-refractivity contribution in [1.29, 1.82) is 0 Å². The van der Waals surface area contributed by atoms with Crippen molar-refractivity contribution in [2.24, 2.45) is 5.10 Å². The molecule has 4 aromatic rings. The van der Waals surface area contributed by atoms with Crippen LogP contribution < -0.4 is 14.9 Å². The quantitative estimate of drug-likeness (QED) is 0.306. The molecule has 1 heterocycles.